The number of rotatable bonds is 6. The minimum absolute atomic E-state index is 0.0178. The van der Waals surface area contributed by atoms with Crippen molar-refractivity contribution in [3.63, 3.8) is 0 Å². The number of aromatic nitrogens is 2. The summed E-state index contributed by atoms with van der Waals surface area (Å²) >= 11 is 7.44. The summed E-state index contributed by atoms with van der Waals surface area (Å²) < 4.78 is 13.1. The number of nitrogens with zero attached hydrogens (tertiary/aromatic N) is 3. The first-order chi connectivity index (χ1) is 15.9. The molecule has 6 nitrogen and oxygen atoms in total. The number of aromatic amines is 1. The molecule has 0 atom stereocenters. The lowest BCUT2D eigenvalue weighted by Gasteiger charge is -2.36. The molecular formula is C24H24ClFN4O2S. The molecule has 1 saturated heterocycles. The van der Waals surface area contributed by atoms with Crippen LogP contribution in [-0.4, -0.2) is 47.0 Å². The van der Waals surface area contributed by atoms with Crippen LogP contribution in [0, 0.1) is 12.7 Å². The molecule has 2 aromatic carbocycles. The molecule has 1 fully saturated rings. The van der Waals surface area contributed by atoms with Crippen molar-refractivity contribution in [3.8, 4) is 0 Å². The molecule has 1 N–H and O–H groups in total. The first-order valence-electron chi connectivity index (χ1n) is 10.6. The van der Waals surface area contributed by atoms with Gasteiger partial charge in [0.25, 0.3) is 5.56 Å². The van der Waals surface area contributed by atoms with Crippen LogP contribution in [0.5, 0.6) is 0 Å². The molecule has 0 aliphatic carbocycles. The summed E-state index contributed by atoms with van der Waals surface area (Å²) in [4.78, 5) is 36.7. The Morgan fingerprint density at radius 2 is 1.88 bits per heavy atom. The van der Waals surface area contributed by atoms with E-state index in [2.05, 4.69) is 14.9 Å². The number of carbonyl (C=O) groups is 1. The second-order valence-electron chi connectivity index (χ2n) is 7.87. The van der Waals surface area contributed by atoms with Gasteiger partial charge < -0.3 is 14.8 Å². The van der Waals surface area contributed by atoms with Gasteiger partial charge in [0.2, 0.25) is 5.91 Å². The molecule has 4 rings (SSSR count). The number of halogens is 2. The zero-order chi connectivity index (χ0) is 23.4. The van der Waals surface area contributed by atoms with Crippen LogP contribution in [0.1, 0.15) is 16.8 Å². The van der Waals surface area contributed by atoms with Crippen molar-refractivity contribution in [1.29, 1.82) is 0 Å². The summed E-state index contributed by atoms with van der Waals surface area (Å²) in [5.74, 6) is 0.263. The number of hydrogen-bond donors (Lipinski definition) is 1. The molecule has 1 amide bonds. The van der Waals surface area contributed by atoms with Gasteiger partial charge >= 0.3 is 0 Å². The number of carbonyl (C=O) groups excluding carboxylic acids is 1. The van der Waals surface area contributed by atoms with Gasteiger partial charge in [-0.3, -0.25) is 9.59 Å². The second-order valence-corrected chi connectivity index (χ2v) is 9.28. The predicted molar refractivity (Wildman–Crippen MR) is 130 cm³/mol. The molecule has 33 heavy (non-hydrogen) atoms. The molecule has 0 bridgehead atoms. The lowest BCUT2D eigenvalue weighted by atomic mass is 10.1. The third-order valence-corrected chi connectivity index (χ3v) is 6.80. The van der Waals surface area contributed by atoms with Gasteiger partial charge in [0, 0.05) is 53.9 Å². The van der Waals surface area contributed by atoms with E-state index in [9.17, 15) is 14.0 Å². The fourth-order valence-electron chi connectivity index (χ4n) is 3.77. The van der Waals surface area contributed by atoms with E-state index in [1.165, 1.54) is 23.9 Å². The molecule has 9 heteroatoms. The molecule has 0 radical (unpaired) electrons. The van der Waals surface area contributed by atoms with Crippen LogP contribution < -0.4 is 10.5 Å². The number of aryl methyl sites for hydroxylation is 1. The van der Waals surface area contributed by atoms with Gasteiger partial charge in [0.05, 0.1) is 6.42 Å². The van der Waals surface area contributed by atoms with E-state index in [1.807, 2.05) is 24.3 Å². The topological polar surface area (TPSA) is 69.3 Å². The Labute approximate surface area is 200 Å². The highest BCUT2D eigenvalue weighted by Crippen LogP contribution is 2.22. The Kier molecular flexibility index (Phi) is 7.35. The molecule has 172 valence electrons. The third-order valence-electron chi connectivity index (χ3n) is 5.62. The van der Waals surface area contributed by atoms with Crippen molar-refractivity contribution in [2.75, 3.05) is 31.1 Å². The third kappa shape index (κ3) is 5.94. The zero-order valence-electron chi connectivity index (χ0n) is 18.2. The molecule has 1 aliphatic rings. The normalized spacial score (nSPS) is 13.9. The van der Waals surface area contributed by atoms with Gasteiger partial charge in [0.1, 0.15) is 5.82 Å². The van der Waals surface area contributed by atoms with Crippen molar-refractivity contribution in [2.45, 2.75) is 24.3 Å². The van der Waals surface area contributed by atoms with E-state index >= 15 is 0 Å². The Balaban J connectivity index is 1.35. The van der Waals surface area contributed by atoms with Gasteiger partial charge in [-0.05, 0) is 48.9 Å². The van der Waals surface area contributed by atoms with Crippen molar-refractivity contribution in [1.82, 2.24) is 14.9 Å². The predicted octanol–water partition coefficient (Wildman–Crippen LogP) is 4.05. The van der Waals surface area contributed by atoms with E-state index in [4.69, 9.17) is 11.6 Å². The molecule has 1 aliphatic heterocycles. The minimum Gasteiger partial charge on any atom is -0.368 e. The van der Waals surface area contributed by atoms with E-state index in [0.717, 1.165) is 11.3 Å². The van der Waals surface area contributed by atoms with Crippen LogP contribution >= 0.6 is 23.4 Å². The maximum absolute atomic E-state index is 13.1. The first-order valence-corrected chi connectivity index (χ1v) is 12.0. The monoisotopic (exact) mass is 486 g/mol. The number of nitrogens with one attached hydrogen (secondary N) is 1. The van der Waals surface area contributed by atoms with Crippen LogP contribution in [0.4, 0.5) is 10.1 Å². The highest BCUT2D eigenvalue weighted by Gasteiger charge is 2.23. The van der Waals surface area contributed by atoms with Gasteiger partial charge in [0.15, 0.2) is 5.16 Å². The lowest BCUT2D eigenvalue weighted by Crippen LogP contribution is -2.49. The number of anilines is 1. The van der Waals surface area contributed by atoms with Crippen LogP contribution in [0.2, 0.25) is 5.02 Å². The summed E-state index contributed by atoms with van der Waals surface area (Å²) in [6.45, 7) is 4.17. The maximum atomic E-state index is 13.1. The van der Waals surface area contributed by atoms with Crippen molar-refractivity contribution >= 4 is 35.0 Å². The van der Waals surface area contributed by atoms with Gasteiger partial charge in [-0.15, -0.1) is 0 Å². The quantitative estimate of drug-likeness (QED) is 0.420. The number of hydrogen-bond acceptors (Lipinski definition) is 5. The molecule has 0 saturated carbocycles. The van der Waals surface area contributed by atoms with E-state index in [-0.39, 0.29) is 23.7 Å². The summed E-state index contributed by atoms with van der Waals surface area (Å²) in [5.41, 5.74) is 2.64. The van der Waals surface area contributed by atoms with Crippen LogP contribution in [0.25, 0.3) is 0 Å². The number of piperazine rings is 1. The Bertz CT molecular complexity index is 1190. The zero-order valence-corrected chi connectivity index (χ0v) is 19.8. The van der Waals surface area contributed by atoms with Crippen LogP contribution in [0.15, 0.2) is 58.5 Å². The average molecular weight is 487 g/mol. The SMILES string of the molecule is Cc1nc(SCc2cccc(Cl)c2)[nH]c(=O)c1CC(=O)N1CCN(c2ccc(F)cc2)CC1. The van der Waals surface area contributed by atoms with Crippen LogP contribution in [-0.2, 0) is 17.0 Å². The number of benzene rings is 2. The number of H-pyrrole nitrogens is 1. The highest BCUT2D eigenvalue weighted by atomic mass is 35.5. The molecule has 0 spiro atoms. The standard InChI is InChI=1S/C24H24ClFN4O2S/c1-16-21(23(32)28-24(27-16)33-15-17-3-2-4-18(25)13-17)14-22(31)30-11-9-29(10-12-30)20-7-5-19(26)6-8-20/h2-8,13H,9-12,14-15H2,1H3,(H,27,28,32). The van der Waals surface area contributed by atoms with Gasteiger partial charge in [-0.25, -0.2) is 9.37 Å². The molecular weight excluding hydrogens is 463 g/mol. The summed E-state index contributed by atoms with van der Waals surface area (Å²) in [6, 6.07) is 13.9. The second kappa shape index (κ2) is 10.4. The molecule has 2 heterocycles. The number of thioether (sulfide) groups is 1. The fraction of sp³-hybridized carbons (Fsp3) is 0.292. The Hall–Kier alpha value is -2.84. The summed E-state index contributed by atoms with van der Waals surface area (Å²) in [6.07, 6.45) is 0.0178. The number of amides is 1. The molecule has 1 aromatic heterocycles. The fourth-order valence-corrected chi connectivity index (χ4v) is 4.83. The first kappa shape index (κ1) is 23.3. The van der Waals surface area contributed by atoms with E-state index in [0.29, 0.717) is 53.4 Å². The van der Waals surface area contributed by atoms with E-state index < -0.39 is 0 Å². The Morgan fingerprint density at radius 3 is 2.55 bits per heavy atom. The van der Waals surface area contributed by atoms with Gasteiger partial charge in [-0.2, -0.15) is 0 Å². The largest absolute Gasteiger partial charge is 0.368 e. The smallest absolute Gasteiger partial charge is 0.255 e. The van der Waals surface area contributed by atoms with Gasteiger partial charge in [-0.1, -0.05) is 35.5 Å². The maximum Gasteiger partial charge on any atom is 0.255 e. The molecule has 3 aromatic rings. The molecule has 0 unspecified atom stereocenters. The highest BCUT2D eigenvalue weighted by molar-refractivity contribution is 7.98. The lowest BCUT2D eigenvalue weighted by molar-refractivity contribution is -0.130. The van der Waals surface area contributed by atoms with Crippen molar-refractivity contribution in [3.05, 3.63) is 86.5 Å². The summed E-state index contributed by atoms with van der Waals surface area (Å²) in [5, 5.41) is 1.18. The van der Waals surface area contributed by atoms with Crippen molar-refractivity contribution < 1.29 is 9.18 Å². The van der Waals surface area contributed by atoms with Crippen molar-refractivity contribution in [2.24, 2.45) is 0 Å². The minimum atomic E-state index is -0.283. The Morgan fingerprint density at radius 1 is 1.15 bits per heavy atom. The van der Waals surface area contributed by atoms with Crippen LogP contribution in [0.3, 0.4) is 0 Å². The van der Waals surface area contributed by atoms with E-state index in [1.54, 1.807) is 24.0 Å². The summed E-state index contributed by atoms with van der Waals surface area (Å²) in [7, 11) is 0. The average Bonchev–Trinajstić information content (AvgIpc) is 2.81.